The van der Waals surface area contributed by atoms with Crippen molar-refractivity contribution in [3.63, 3.8) is 0 Å². The number of nitrogens with one attached hydrogen (secondary N) is 1. The van der Waals surface area contributed by atoms with Gasteiger partial charge in [-0.05, 0) is 26.0 Å². The van der Waals surface area contributed by atoms with E-state index in [0.717, 1.165) is 24.5 Å². The van der Waals surface area contributed by atoms with E-state index in [-0.39, 0.29) is 17.2 Å². The average molecular weight is 299 g/mol. The Morgan fingerprint density at radius 3 is 2.95 bits per heavy atom. The van der Waals surface area contributed by atoms with Crippen molar-refractivity contribution in [3.8, 4) is 0 Å². The highest BCUT2D eigenvalue weighted by Gasteiger charge is 2.27. The lowest BCUT2D eigenvalue weighted by molar-refractivity contribution is -0.133. The molecule has 0 bridgehead atoms. The molecular formula is C14H19ClN2OS. The fraction of sp³-hybridized carbons (Fsp3) is 0.500. The lowest BCUT2D eigenvalue weighted by Gasteiger charge is -2.35. The molecule has 1 amide bonds. The number of carbonyl (C=O) groups is 1. The van der Waals surface area contributed by atoms with E-state index >= 15 is 0 Å². The normalized spacial score (nSPS) is 21.2. The maximum Gasteiger partial charge on any atom is 0.236 e. The molecule has 1 aliphatic rings. The number of hydrogen-bond donors (Lipinski definition) is 1. The van der Waals surface area contributed by atoms with Crippen molar-refractivity contribution < 1.29 is 4.79 Å². The van der Waals surface area contributed by atoms with Gasteiger partial charge in [-0.15, -0.1) is 11.8 Å². The van der Waals surface area contributed by atoms with Gasteiger partial charge in [0.2, 0.25) is 5.91 Å². The van der Waals surface area contributed by atoms with Crippen molar-refractivity contribution in [2.24, 2.45) is 0 Å². The zero-order valence-corrected chi connectivity index (χ0v) is 12.8. The first-order valence-corrected chi connectivity index (χ1v) is 7.77. The highest BCUT2D eigenvalue weighted by molar-refractivity contribution is 8.00. The van der Waals surface area contributed by atoms with Crippen LogP contribution in [0.1, 0.15) is 13.8 Å². The first-order valence-electron chi connectivity index (χ1n) is 6.52. The molecule has 0 saturated carbocycles. The van der Waals surface area contributed by atoms with Crippen molar-refractivity contribution in [1.29, 1.82) is 0 Å². The first-order chi connectivity index (χ1) is 9.09. The monoisotopic (exact) mass is 298 g/mol. The molecule has 1 heterocycles. The number of piperazine rings is 1. The SMILES string of the molecule is CC(Sc1ccccc1Cl)C(=O)N1CCNC[C@H]1C. The molecule has 1 unspecified atom stereocenters. The summed E-state index contributed by atoms with van der Waals surface area (Å²) in [6.07, 6.45) is 0. The van der Waals surface area contributed by atoms with Crippen LogP contribution in [0.15, 0.2) is 29.2 Å². The van der Waals surface area contributed by atoms with Crippen molar-refractivity contribution >= 4 is 29.3 Å². The van der Waals surface area contributed by atoms with E-state index in [1.54, 1.807) is 0 Å². The second kappa shape index (κ2) is 6.64. The van der Waals surface area contributed by atoms with Crippen LogP contribution in [-0.4, -0.2) is 41.7 Å². The molecule has 3 nitrogen and oxygen atoms in total. The van der Waals surface area contributed by atoms with E-state index in [1.807, 2.05) is 36.1 Å². The Morgan fingerprint density at radius 1 is 1.53 bits per heavy atom. The van der Waals surface area contributed by atoms with E-state index in [1.165, 1.54) is 11.8 Å². The number of carbonyl (C=O) groups excluding carboxylic acids is 1. The number of amides is 1. The van der Waals surface area contributed by atoms with Crippen LogP contribution in [0.25, 0.3) is 0 Å². The van der Waals surface area contributed by atoms with Gasteiger partial charge < -0.3 is 10.2 Å². The Kier molecular flexibility index (Phi) is 5.13. The van der Waals surface area contributed by atoms with Gasteiger partial charge in [0.25, 0.3) is 0 Å². The molecule has 0 aromatic heterocycles. The third kappa shape index (κ3) is 3.65. The number of nitrogens with zero attached hydrogens (tertiary/aromatic N) is 1. The summed E-state index contributed by atoms with van der Waals surface area (Å²) in [5, 5.41) is 3.89. The topological polar surface area (TPSA) is 32.3 Å². The molecule has 1 N–H and O–H groups in total. The molecule has 1 aromatic carbocycles. The number of thioether (sulfide) groups is 1. The second-order valence-corrected chi connectivity index (χ2v) is 6.57. The summed E-state index contributed by atoms with van der Waals surface area (Å²) >= 11 is 7.66. The molecule has 5 heteroatoms. The summed E-state index contributed by atoms with van der Waals surface area (Å²) in [6, 6.07) is 7.92. The maximum absolute atomic E-state index is 12.5. The van der Waals surface area contributed by atoms with Crippen molar-refractivity contribution in [3.05, 3.63) is 29.3 Å². The van der Waals surface area contributed by atoms with Gasteiger partial charge in [0, 0.05) is 30.6 Å². The summed E-state index contributed by atoms with van der Waals surface area (Å²) in [7, 11) is 0. The number of halogens is 1. The number of hydrogen-bond acceptors (Lipinski definition) is 3. The second-order valence-electron chi connectivity index (χ2n) is 4.78. The number of rotatable bonds is 3. The van der Waals surface area contributed by atoms with E-state index in [2.05, 4.69) is 12.2 Å². The zero-order chi connectivity index (χ0) is 13.8. The van der Waals surface area contributed by atoms with E-state index < -0.39 is 0 Å². The predicted octanol–water partition coefficient (Wildman–Crippen LogP) is 2.64. The van der Waals surface area contributed by atoms with Crippen LogP contribution < -0.4 is 5.32 Å². The third-order valence-electron chi connectivity index (χ3n) is 3.27. The Morgan fingerprint density at radius 2 is 2.26 bits per heavy atom. The molecular weight excluding hydrogens is 280 g/mol. The molecule has 104 valence electrons. The van der Waals surface area contributed by atoms with Gasteiger partial charge in [0.1, 0.15) is 0 Å². The average Bonchev–Trinajstić information content (AvgIpc) is 2.41. The van der Waals surface area contributed by atoms with Gasteiger partial charge in [-0.25, -0.2) is 0 Å². The van der Waals surface area contributed by atoms with Gasteiger partial charge in [0.15, 0.2) is 0 Å². The van der Waals surface area contributed by atoms with Crippen LogP contribution in [0, 0.1) is 0 Å². The molecule has 2 atom stereocenters. The summed E-state index contributed by atoms with van der Waals surface area (Å²) in [6.45, 7) is 6.56. The summed E-state index contributed by atoms with van der Waals surface area (Å²) in [5.41, 5.74) is 0. The fourth-order valence-corrected chi connectivity index (χ4v) is 3.41. The molecule has 2 rings (SSSR count). The third-order valence-corrected chi connectivity index (χ3v) is 4.88. The molecule has 0 aliphatic carbocycles. The van der Waals surface area contributed by atoms with Crippen molar-refractivity contribution in [1.82, 2.24) is 10.2 Å². The van der Waals surface area contributed by atoms with Gasteiger partial charge in [-0.3, -0.25) is 4.79 Å². The minimum Gasteiger partial charge on any atom is -0.336 e. The smallest absolute Gasteiger partial charge is 0.236 e. The Balaban J connectivity index is 2.01. The number of benzene rings is 1. The van der Waals surface area contributed by atoms with Gasteiger partial charge in [0.05, 0.1) is 10.3 Å². The zero-order valence-electron chi connectivity index (χ0n) is 11.2. The lowest BCUT2D eigenvalue weighted by atomic mass is 10.2. The van der Waals surface area contributed by atoms with Crippen LogP contribution in [0.5, 0.6) is 0 Å². The van der Waals surface area contributed by atoms with Crippen molar-refractivity contribution in [2.45, 2.75) is 30.0 Å². The molecule has 19 heavy (non-hydrogen) atoms. The molecule has 1 aliphatic heterocycles. The Hall–Kier alpha value is -0.710. The van der Waals surface area contributed by atoms with E-state index in [0.29, 0.717) is 5.02 Å². The van der Waals surface area contributed by atoms with Crippen molar-refractivity contribution in [2.75, 3.05) is 19.6 Å². The summed E-state index contributed by atoms with van der Waals surface area (Å²) < 4.78 is 0. The summed E-state index contributed by atoms with van der Waals surface area (Å²) in [4.78, 5) is 15.4. The van der Waals surface area contributed by atoms with Gasteiger partial charge in [-0.1, -0.05) is 23.7 Å². The van der Waals surface area contributed by atoms with Crippen LogP contribution in [-0.2, 0) is 4.79 Å². The standard InChI is InChI=1S/C14H19ClN2OS/c1-10-9-16-7-8-17(10)14(18)11(2)19-13-6-4-3-5-12(13)15/h3-6,10-11,16H,7-9H2,1-2H3/t10-,11?/m1/s1. The fourth-order valence-electron chi connectivity index (χ4n) is 2.18. The quantitative estimate of drug-likeness (QED) is 0.871. The highest BCUT2D eigenvalue weighted by atomic mass is 35.5. The van der Waals surface area contributed by atoms with Crippen LogP contribution >= 0.6 is 23.4 Å². The molecule has 0 spiro atoms. The van der Waals surface area contributed by atoms with Crippen LogP contribution in [0.4, 0.5) is 0 Å². The summed E-state index contributed by atoms with van der Waals surface area (Å²) in [5.74, 6) is 0.193. The van der Waals surface area contributed by atoms with Gasteiger partial charge in [-0.2, -0.15) is 0 Å². The minimum absolute atomic E-state index is 0.111. The van der Waals surface area contributed by atoms with E-state index in [9.17, 15) is 4.79 Å². The molecule has 1 fully saturated rings. The maximum atomic E-state index is 12.5. The molecule has 1 aromatic rings. The van der Waals surface area contributed by atoms with Crippen LogP contribution in [0.3, 0.4) is 0 Å². The largest absolute Gasteiger partial charge is 0.336 e. The highest BCUT2D eigenvalue weighted by Crippen LogP contribution is 2.31. The molecule has 0 radical (unpaired) electrons. The predicted molar refractivity (Wildman–Crippen MR) is 80.8 cm³/mol. The molecule has 1 saturated heterocycles. The minimum atomic E-state index is -0.111. The van der Waals surface area contributed by atoms with Crippen LogP contribution in [0.2, 0.25) is 5.02 Å². The Labute approximate surface area is 123 Å². The Bertz CT molecular complexity index is 455. The lowest BCUT2D eigenvalue weighted by Crippen LogP contribution is -2.54. The van der Waals surface area contributed by atoms with Gasteiger partial charge >= 0.3 is 0 Å². The first kappa shape index (κ1) is 14.7. The van der Waals surface area contributed by atoms with E-state index in [4.69, 9.17) is 11.6 Å².